The minimum atomic E-state index is -0.698. The molecule has 11 nitrogen and oxygen atoms in total. The Balaban J connectivity index is 1.60. The highest BCUT2D eigenvalue weighted by atomic mass is 16.5. The lowest BCUT2D eigenvalue weighted by Gasteiger charge is -2.37. The van der Waals surface area contributed by atoms with E-state index < -0.39 is 12.0 Å². The molecule has 0 spiro atoms. The molecule has 0 bridgehead atoms. The number of hydrogen-bond acceptors (Lipinski definition) is 9. The molecule has 1 fully saturated rings. The third-order valence-corrected chi connectivity index (χ3v) is 6.06. The van der Waals surface area contributed by atoms with Crippen molar-refractivity contribution >= 4 is 17.9 Å². The highest BCUT2D eigenvalue weighted by molar-refractivity contribution is 5.95. The summed E-state index contributed by atoms with van der Waals surface area (Å²) in [6.07, 6.45) is 3.46. The van der Waals surface area contributed by atoms with Gasteiger partial charge in [0.25, 0.3) is 0 Å². The number of carbonyl (C=O) groups is 2. The number of aromatic nitrogens is 2. The average molecular weight is 497 g/mol. The van der Waals surface area contributed by atoms with E-state index in [2.05, 4.69) is 30.4 Å². The zero-order valence-corrected chi connectivity index (χ0v) is 20.8. The third kappa shape index (κ3) is 5.68. The molecule has 2 aliphatic rings. The van der Waals surface area contributed by atoms with Crippen LogP contribution in [0.15, 0.2) is 47.9 Å². The van der Waals surface area contributed by atoms with Gasteiger partial charge in [0.15, 0.2) is 11.5 Å². The first kappa shape index (κ1) is 25.2. The Kier molecular flexibility index (Phi) is 8.21. The molecular formula is C25H32N6O5. The van der Waals surface area contributed by atoms with E-state index in [0.29, 0.717) is 47.4 Å². The number of hydrogen-bond donors (Lipinski definition) is 2. The van der Waals surface area contributed by atoms with Crippen molar-refractivity contribution in [2.24, 2.45) is 0 Å². The Bertz CT molecular complexity index is 1100. The molecule has 36 heavy (non-hydrogen) atoms. The first-order chi connectivity index (χ1) is 17.5. The van der Waals surface area contributed by atoms with Gasteiger partial charge in [0.2, 0.25) is 5.95 Å². The Hall–Kier alpha value is -3.86. The fourth-order valence-electron chi connectivity index (χ4n) is 4.37. The molecule has 1 atom stereocenters. The number of rotatable bonds is 9. The summed E-state index contributed by atoms with van der Waals surface area (Å²) in [6.45, 7) is 7.67. The fourth-order valence-corrected chi connectivity index (χ4v) is 4.37. The number of amides is 2. The molecule has 0 radical (unpaired) electrons. The van der Waals surface area contributed by atoms with Gasteiger partial charge in [0.05, 0.1) is 31.9 Å². The van der Waals surface area contributed by atoms with E-state index in [-0.39, 0.29) is 12.6 Å². The van der Waals surface area contributed by atoms with Crippen molar-refractivity contribution in [3.63, 3.8) is 0 Å². The molecule has 0 unspecified atom stereocenters. The molecule has 0 aliphatic carbocycles. The largest absolute Gasteiger partial charge is 0.493 e. The molecule has 1 saturated heterocycles. The molecule has 2 aliphatic heterocycles. The normalized spacial score (nSPS) is 18.4. The molecule has 2 amide bonds. The summed E-state index contributed by atoms with van der Waals surface area (Å²) in [7, 11) is 1.55. The Labute approximate surface area is 210 Å². The summed E-state index contributed by atoms with van der Waals surface area (Å²) in [5.74, 6) is 1.33. The van der Waals surface area contributed by atoms with Gasteiger partial charge in [-0.05, 0) is 37.6 Å². The Morgan fingerprint density at radius 3 is 2.50 bits per heavy atom. The van der Waals surface area contributed by atoms with Crippen molar-refractivity contribution < 1.29 is 23.8 Å². The lowest BCUT2D eigenvalue weighted by Crippen LogP contribution is -2.52. The van der Waals surface area contributed by atoms with Gasteiger partial charge in [-0.1, -0.05) is 6.07 Å². The lowest BCUT2D eigenvalue weighted by atomic mass is 9.94. The predicted octanol–water partition coefficient (Wildman–Crippen LogP) is 1.88. The number of methoxy groups -OCH3 is 1. The number of nitrogens with zero attached hydrogens (tertiary/aromatic N) is 4. The average Bonchev–Trinajstić information content (AvgIpc) is 2.90. The number of ether oxygens (including phenoxy) is 3. The number of nitrogens with one attached hydrogen (secondary N) is 2. The molecule has 1 aromatic carbocycles. The molecule has 11 heteroatoms. The van der Waals surface area contributed by atoms with Gasteiger partial charge in [-0.3, -0.25) is 4.90 Å². The van der Waals surface area contributed by atoms with Gasteiger partial charge in [-0.25, -0.2) is 19.6 Å². The van der Waals surface area contributed by atoms with Crippen LogP contribution < -0.4 is 25.0 Å². The van der Waals surface area contributed by atoms with Crippen LogP contribution in [0.25, 0.3) is 0 Å². The monoisotopic (exact) mass is 496 g/mol. The number of carbonyl (C=O) groups excluding carboxylic acids is 2. The maximum atomic E-state index is 13.1. The van der Waals surface area contributed by atoms with Gasteiger partial charge in [0.1, 0.15) is 0 Å². The molecule has 3 heterocycles. The molecule has 192 valence electrons. The summed E-state index contributed by atoms with van der Waals surface area (Å²) in [5, 5.41) is 5.72. The maximum absolute atomic E-state index is 13.1. The van der Waals surface area contributed by atoms with Gasteiger partial charge in [-0.15, -0.1) is 0 Å². The van der Waals surface area contributed by atoms with Gasteiger partial charge >= 0.3 is 12.0 Å². The summed E-state index contributed by atoms with van der Waals surface area (Å²) in [4.78, 5) is 38.8. The van der Waals surface area contributed by atoms with Crippen molar-refractivity contribution in [3.05, 3.63) is 53.5 Å². The van der Waals surface area contributed by atoms with Crippen LogP contribution in [0.4, 0.5) is 10.7 Å². The van der Waals surface area contributed by atoms with Crippen molar-refractivity contribution in [1.82, 2.24) is 25.5 Å². The second-order valence-corrected chi connectivity index (χ2v) is 8.30. The topological polar surface area (TPSA) is 118 Å². The molecule has 4 rings (SSSR count). The molecule has 2 N–H and O–H groups in total. The van der Waals surface area contributed by atoms with E-state index in [1.165, 1.54) is 0 Å². The zero-order valence-electron chi connectivity index (χ0n) is 20.8. The van der Waals surface area contributed by atoms with Crippen molar-refractivity contribution in [3.8, 4) is 11.5 Å². The van der Waals surface area contributed by atoms with E-state index in [9.17, 15) is 9.59 Å². The van der Waals surface area contributed by atoms with E-state index in [1.54, 1.807) is 44.6 Å². The predicted molar refractivity (Wildman–Crippen MR) is 133 cm³/mol. The molecule has 0 saturated carbocycles. The SMILES string of the molecule is CCOC(=O)C1=C(CN2CCN(c3ncccn3)CC2)NC(=O)N[C@@H]1c1ccc(OCC)c(OC)c1. The van der Waals surface area contributed by atoms with Crippen molar-refractivity contribution in [2.75, 3.05) is 57.9 Å². The van der Waals surface area contributed by atoms with Crippen molar-refractivity contribution in [1.29, 1.82) is 0 Å². The van der Waals surface area contributed by atoms with Crippen LogP contribution in [-0.4, -0.2) is 79.9 Å². The standard InChI is InChI=1S/C25H32N6O5/c1-4-35-19-8-7-17(15-20(19)34-3)22-21(23(32)36-5-2)18(28-25(33)29-22)16-30-11-13-31(14-12-30)24-26-9-6-10-27-24/h6-10,15,22H,4-5,11-14,16H2,1-3H3,(H2,28,29,33)/t22-/m1/s1. The van der Waals surface area contributed by atoms with E-state index in [1.807, 2.05) is 13.0 Å². The summed E-state index contributed by atoms with van der Waals surface area (Å²) in [5.41, 5.74) is 1.59. The van der Waals surface area contributed by atoms with Crippen LogP contribution in [0.1, 0.15) is 25.5 Å². The Morgan fingerprint density at radius 1 is 1.08 bits per heavy atom. The lowest BCUT2D eigenvalue weighted by molar-refractivity contribution is -0.139. The molecule has 2 aromatic rings. The molecular weight excluding hydrogens is 464 g/mol. The third-order valence-electron chi connectivity index (χ3n) is 6.06. The number of benzene rings is 1. The number of piperazine rings is 1. The highest BCUT2D eigenvalue weighted by Gasteiger charge is 2.35. The summed E-state index contributed by atoms with van der Waals surface area (Å²) >= 11 is 0. The van der Waals surface area contributed by atoms with Crippen LogP contribution in [0.3, 0.4) is 0 Å². The van der Waals surface area contributed by atoms with E-state index >= 15 is 0 Å². The van der Waals surface area contributed by atoms with Gasteiger partial charge in [0, 0.05) is 50.8 Å². The Morgan fingerprint density at radius 2 is 1.83 bits per heavy atom. The quantitative estimate of drug-likeness (QED) is 0.502. The van der Waals surface area contributed by atoms with Crippen LogP contribution in [0.5, 0.6) is 11.5 Å². The zero-order chi connectivity index (χ0) is 25.5. The number of urea groups is 1. The van der Waals surface area contributed by atoms with E-state index in [4.69, 9.17) is 14.2 Å². The first-order valence-corrected chi connectivity index (χ1v) is 12.1. The minimum absolute atomic E-state index is 0.221. The summed E-state index contributed by atoms with van der Waals surface area (Å²) < 4.78 is 16.5. The van der Waals surface area contributed by atoms with Gasteiger partial charge < -0.3 is 29.7 Å². The molecule has 1 aromatic heterocycles. The minimum Gasteiger partial charge on any atom is -0.493 e. The van der Waals surface area contributed by atoms with Crippen LogP contribution >= 0.6 is 0 Å². The van der Waals surface area contributed by atoms with Gasteiger partial charge in [-0.2, -0.15) is 0 Å². The first-order valence-electron chi connectivity index (χ1n) is 12.1. The second-order valence-electron chi connectivity index (χ2n) is 8.30. The second kappa shape index (κ2) is 11.7. The maximum Gasteiger partial charge on any atom is 0.338 e. The summed E-state index contributed by atoms with van der Waals surface area (Å²) in [6, 6.07) is 6.08. The fraction of sp³-hybridized carbons (Fsp3) is 0.440. The van der Waals surface area contributed by atoms with Crippen LogP contribution in [-0.2, 0) is 9.53 Å². The van der Waals surface area contributed by atoms with E-state index in [0.717, 1.165) is 26.2 Å². The number of anilines is 1. The van der Waals surface area contributed by atoms with Crippen LogP contribution in [0.2, 0.25) is 0 Å². The van der Waals surface area contributed by atoms with Crippen LogP contribution in [0, 0.1) is 0 Å². The number of esters is 1. The smallest absolute Gasteiger partial charge is 0.338 e. The van der Waals surface area contributed by atoms with Crippen molar-refractivity contribution in [2.45, 2.75) is 19.9 Å². The highest BCUT2D eigenvalue weighted by Crippen LogP contribution is 2.35.